The predicted octanol–water partition coefficient (Wildman–Crippen LogP) is -1.26. The number of amides is 1. The van der Waals surface area contributed by atoms with E-state index in [1.165, 1.54) is 12.5 Å². The average Bonchev–Trinajstić information content (AvgIpc) is 3.51. The molecule has 2 aromatic heterocycles. The fraction of sp³-hybridized carbons (Fsp3) is 0.550. The number of phosphoric acid groups is 3. The first-order valence-electron chi connectivity index (χ1n) is 12.6. The molecule has 0 spiro atoms. The zero-order valence-corrected chi connectivity index (χ0v) is 26.1. The number of H-pyrrole nitrogens is 2. The molecule has 6 atom stereocenters. The lowest BCUT2D eigenvalue weighted by Crippen LogP contribution is -2.41. The van der Waals surface area contributed by atoms with Crippen LogP contribution in [0.5, 0.6) is 0 Å². The van der Waals surface area contributed by atoms with Gasteiger partial charge in [-0.15, -0.1) is 0 Å². The molecule has 1 amide bonds. The molecule has 0 saturated carbocycles. The van der Waals surface area contributed by atoms with Crippen molar-refractivity contribution in [3.05, 3.63) is 50.8 Å². The molecule has 1 fully saturated rings. The predicted molar refractivity (Wildman–Crippen MR) is 145 cm³/mol. The van der Waals surface area contributed by atoms with E-state index in [9.17, 15) is 42.7 Å². The zero-order chi connectivity index (χ0) is 33.6. The number of phosphoric ester groups is 1. The van der Waals surface area contributed by atoms with Crippen LogP contribution in [0.15, 0.2) is 28.3 Å². The van der Waals surface area contributed by atoms with Gasteiger partial charge in [0.1, 0.15) is 12.2 Å². The molecule has 7 N–H and O–H groups in total. The van der Waals surface area contributed by atoms with Crippen LogP contribution in [0.3, 0.4) is 0 Å². The Morgan fingerprint density at radius 3 is 2.42 bits per heavy atom. The molecule has 0 radical (unpaired) electrons. The van der Waals surface area contributed by atoms with Crippen molar-refractivity contribution in [3.63, 3.8) is 0 Å². The molecule has 22 nitrogen and oxygen atoms in total. The molecule has 3 rings (SSSR count). The minimum Gasteiger partial charge on any atom is -0.457 e. The van der Waals surface area contributed by atoms with Crippen molar-refractivity contribution in [2.75, 3.05) is 20.3 Å². The lowest BCUT2D eigenvalue weighted by Gasteiger charge is -2.23. The number of nitrogens with one attached hydrogen (secondary N) is 3. The maximum Gasteiger partial charge on any atom is 0.490 e. The number of aromatic nitrogens is 4. The number of ether oxygens (including phenoxy) is 3. The maximum absolute atomic E-state index is 12.8. The Morgan fingerprint density at radius 2 is 1.82 bits per heavy atom. The summed E-state index contributed by atoms with van der Waals surface area (Å²) in [5, 5.41) is 2.68. The van der Waals surface area contributed by atoms with Crippen LogP contribution in [0.4, 0.5) is 0 Å². The van der Waals surface area contributed by atoms with Gasteiger partial charge in [0.2, 0.25) is 5.91 Å². The summed E-state index contributed by atoms with van der Waals surface area (Å²) in [6, 6.07) is 0. The van der Waals surface area contributed by atoms with Gasteiger partial charge in [0.05, 0.1) is 19.4 Å². The van der Waals surface area contributed by atoms with Crippen molar-refractivity contribution >= 4 is 35.3 Å². The van der Waals surface area contributed by atoms with E-state index in [0.29, 0.717) is 5.69 Å². The van der Waals surface area contributed by atoms with E-state index >= 15 is 0 Å². The Balaban J connectivity index is 1.74. The third-order valence-electron chi connectivity index (χ3n) is 5.84. The molecule has 3 unspecified atom stereocenters. The Kier molecular flexibility index (Phi) is 12.3. The van der Waals surface area contributed by atoms with E-state index < -0.39 is 71.8 Å². The molecule has 1 aliphatic heterocycles. The van der Waals surface area contributed by atoms with Gasteiger partial charge in [0.25, 0.3) is 5.56 Å². The van der Waals surface area contributed by atoms with E-state index in [2.05, 4.69) is 33.4 Å². The molecule has 252 valence electrons. The second-order valence-corrected chi connectivity index (χ2v) is 13.7. The fourth-order valence-electron chi connectivity index (χ4n) is 4.14. The number of carbonyl (C=O) groups is 2. The highest BCUT2D eigenvalue weighted by Crippen LogP contribution is 2.66. The number of aromatic amines is 2. The molecule has 1 saturated heterocycles. The number of hydrogen-bond donors (Lipinski definition) is 7. The standard InChI is InChI=1S/C20H30N5O17P3/c1-11(26)39-16-14(9-38-44(33,34)42-45(35,36)41-43(30,31)32)40-19(17(16)37-2)25-8-12(18(28)24-20(25)29)4-3-5-22-15(27)6-13-7-21-10-23-13/h7-8,10,14,16-17,19H,3-6,9H2,1-2H3,(H,21,23)(H,22,27)(H,33,34)(H,35,36)(H,24,28,29)(H2,30,31,32)/t14-,16?,17-,19-/m1/s1. The summed E-state index contributed by atoms with van der Waals surface area (Å²) < 4.78 is 63.8. The van der Waals surface area contributed by atoms with Gasteiger partial charge in [-0.1, -0.05) is 0 Å². The first kappa shape index (κ1) is 36.6. The summed E-state index contributed by atoms with van der Waals surface area (Å²) in [5.41, 5.74) is -1.00. The third-order valence-corrected chi connectivity index (χ3v) is 9.65. The van der Waals surface area contributed by atoms with Crippen molar-refractivity contribution in [2.45, 2.75) is 50.7 Å². The van der Waals surface area contributed by atoms with E-state index in [0.717, 1.165) is 24.8 Å². The first-order chi connectivity index (χ1) is 20.9. The number of hydrogen-bond acceptors (Lipinski definition) is 14. The summed E-state index contributed by atoms with van der Waals surface area (Å²) in [4.78, 5) is 94.3. The van der Waals surface area contributed by atoms with Gasteiger partial charge < -0.3 is 44.1 Å². The third kappa shape index (κ3) is 11.2. The number of imidazole rings is 1. The smallest absolute Gasteiger partial charge is 0.457 e. The molecule has 0 bridgehead atoms. The lowest BCUT2D eigenvalue weighted by atomic mass is 10.1. The van der Waals surface area contributed by atoms with Gasteiger partial charge in [-0.25, -0.2) is 23.5 Å². The number of esters is 1. The van der Waals surface area contributed by atoms with Gasteiger partial charge in [-0.3, -0.25) is 28.5 Å². The largest absolute Gasteiger partial charge is 0.490 e. The summed E-state index contributed by atoms with van der Waals surface area (Å²) >= 11 is 0. The summed E-state index contributed by atoms with van der Waals surface area (Å²) in [6.45, 7) is 0.169. The zero-order valence-electron chi connectivity index (χ0n) is 23.4. The van der Waals surface area contributed by atoms with Crippen LogP contribution in [0.2, 0.25) is 0 Å². The van der Waals surface area contributed by atoms with Crippen LogP contribution in [0.25, 0.3) is 0 Å². The Labute approximate surface area is 252 Å². The highest BCUT2D eigenvalue weighted by molar-refractivity contribution is 7.66. The topological polar surface area (TPSA) is 317 Å². The lowest BCUT2D eigenvalue weighted by molar-refractivity contribution is -0.154. The van der Waals surface area contributed by atoms with Gasteiger partial charge in [-0.05, 0) is 12.8 Å². The Morgan fingerprint density at radius 1 is 1.11 bits per heavy atom. The van der Waals surface area contributed by atoms with E-state index in [1.807, 2.05) is 0 Å². The molecule has 0 aliphatic carbocycles. The number of methoxy groups -OCH3 is 1. The summed E-state index contributed by atoms with van der Waals surface area (Å²) in [6.07, 6.45) is -1.15. The second kappa shape index (κ2) is 15.2. The number of carbonyl (C=O) groups excluding carboxylic acids is 2. The fourth-order valence-corrected chi connectivity index (χ4v) is 7.17. The van der Waals surface area contributed by atoms with Crippen molar-refractivity contribution in [1.82, 2.24) is 24.8 Å². The van der Waals surface area contributed by atoms with E-state index in [1.54, 1.807) is 0 Å². The minimum absolute atomic E-state index is 0.0651. The highest BCUT2D eigenvalue weighted by Gasteiger charge is 2.50. The molecule has 45 heavy (non-hydrogen) atoms. The van der Waals surface area contributed by atoms with Crippen LogP contribution >= 0.6 is 23.5 Å². The van der Waals surface area contributed by atoms with Crippen molar-refractivity contribution in [1.29, 1.82) is 0 Å². The number of rotatable bonds is 16. The molecule has 2 aromatic rings. The van der Waals surface area contributed by atoms with Gasteiger partial charge in [0, 0.05) is 44.2 Å². The number of aryl methyl sites for hydroxylation is 1. The van der Waals surface area contributed by atoms with E-state index in [-0.39, 0.29) is 37.3 Å². The van der Waals surface area contributed by atoms with Crippen molar-refractivity contribution < 1.29 is 70.2 Å². The first-order valence-corrected chi connectivity index (χ1v) is 17.1. The summed E-state index contributed by atoms with van der Waals surface area (Å²) in [7, 11) is -15.9. The van der Waals surface area contributed by atoms with Crippen molar-refractivity contribution in [2.24, 2.45) is 0 Å². The quantitative estimate of drug-likeness (QED) is 0.0608. The average molecular weight is 705 g/mol. The normalized spacial score (nSPS) is 22.8. The molecule has 1 aliphatic rings. The summed E-state index contributed by atoms with van der Waals surface area (Å²) in [5.74, 6) is -1.17. The Hall–Kier alpha value is -2.84. The van der Waals surface area contributed by atoms with Crippen LogP contribution < -0.4 is 16.6 Å². The van der Waals surface area contributed by atoms with Crippen LogP contribution in [-0.2, 0) is 63.5 Å². The molecular formula is C20H30N5O17P3. The van der Waals surface area contributed by atoms with Crippen molar-refractivity contribution in [3.8, 4) is 0 Å². The van der Waals surface area contributed by atoms with Crippen LogP contribution in [0.1, 0.15) is 30.8 Å². The van der Waals surface area contributed by atoms with Crippen LogP contribution in [0, 0.1) is 0 Å². The molecular weight excluding hydrogens is 675 g/mol. The Bertz CT molecular complexity index is 1600. The van der Waals surface area contributed by atoms with Gasteiger partial charge >= 0.3 is 35.1 Å². The van der Waals surface area contributed by atoms with Gasteiger partial charge in [0.15, 0.2) is 12.3 Å². The minimum atomic E-state index is -5.82. The molecule has 0 aromatic carbocycles. The van der Waals surface area contributed by atoms with Crippen LogP contribution in [-0.4, -0.2) is 89.5 Å². The highest BCUT2D eigenvalue weighted by atomic mass is 31.3. The monoisotopic (exact) mass is 705 g/mol. The SMILES string of the molecule is CO[C@@H]1C(OC(C)=O)[C@@H](COP(=O)(O)OP(=O)(O)OP(=O)(O)O)O[C@H]1n1cc(CCCNC(=O)Cc2cnc[nH]2)c(=O)[nH]c1=O. The van der Waals surface area contributed by atoms with E-state index in [4.69, 9.17) is 24.0 Å². The second-order valence-electron chi connectivity index (χ2n) is 9.25. The molecule has 3 heterocycles. The van der Waals surface area contributed by atoms with Gasteiger partial charge in [-0.2, -0.15) is 8.62 Å². The maximum atomic E-state index is 12.8. The number of nitrogens with zero attached hydrogens (tertiary/aromatic N) is 2. The molecule has 25 heteroatoms.